The van der Waals surface area contributed by atoms with Crippen molar-refractivity contribution in [1.29, 1.82) is 0 Å². The molecule has 0 atom stereocenters. The minimum Gasteiger partial charge on any atom is -0.507 e. The summed E-state index contributed by atoms with van der Waals surface area (Å²) in [6, 6.07) is 8.01. The number of hydrogen-bond acceptors (Lipinski definition) is 6. The summed E-state index contributed by atoms with van der Waals surface area (Å²) in [5.41, 5.74) is 3.04. The zero-order valence-corrected chi connectivity index (χ0v) is 15.9. The third-order valence-electron chi connectivity index (χ3n) is 5.07. The van der Waals surface area contributed by atoms with Crippen molar-refractivity contribution in [3.63, 3.8) is 0 Å². The zero-order chi connectivity index (χ0) is 20.3. The number of aromatic amines is 1. The molecular formula is C21H17N3O5. The van der Waals surface area contributed by atoms with Crippen LogP contribution in [0.3, 0.4) is 0 Å². The molecule has 0 bridgehead atoms. The lowest BCUT2D eigenvalue weighted by Crippen LogP contribution is -1.95. The molecule has 8 heteroatoms. The van der Waals surface area contributed by atoms with E-state index in [1.54, 1.807) is 25.0 Å². The topological polar surface area (TPSA) is 103 Å². The molecule has 2 N–H and O–H groups in total. The van der Waals surface area contributed by atoms with Crippen LogP contribution in [0.4, 0.5) is 0 Å². The van der Waals surface area contributed by atoms with Gasteiger partial charge in [-0.2, -0.15) is 0 Å². The quantitative estimate of drug-likeness (QED) is 0.488. The molecule has 0 aliphatic rings. The molecule has 8 nitrogen and oxygen atoms in total. The Hall–Kier alpha value is -3.94. The second kappa shape index (κ2) is 6.03. The maximum atomic E-state index is 11.9. The number of rotatable bonds is 3. The van der Waals surface area contributed by atoms with Crippen LogP contribution in [0, 0.1) is 0 Å². The Morgan fingerprint density at radius 1 is 1.17 bits per heavy atom. The van der Waals surface area contributed by atoms with Gasteiger partial charge < -0.3 is 24.1 Å². The van der Waals surface area contributed by atoms with Gasteiger partial charge in [-0.1, -0.05) is 0 Å². The minimum atomic E-state index is -0.337. The van der Waals surface area contributed by atoms with Crippen LogP contribution in [0.1, 0.15) is 0 Å². The van der Waals surface area contributed by atoms with E-state index in [-0.39, 0.29) is 16.8 Å². The molecule has 0 saturated carbocycles. The fourth-order valence-corrected chi connectivity index (χ4v) is 3.73. The second-order valence-electron chi connectivity index (χ2n) is 6.72. The highest BCUT2D eigenvalue weighted by Gasteiger charge is 2.23. The Balaban J connectivity index is 2.01. The van der Waals surface area contributed by atoms with E-state index >= 15 is 0 Å². The summed E-state index contributed by atoms with van der Waals surface area (Å²) >= 11 is 0. The molecule has 0 aliphatic heterocycles. The number of benzene rings is 2. The number of methoxy groups -OCH3 is 2. The van der Waals surface area contributed by atoms with Crippen LogP contribution >= 0.6 is 0 Å². The number of furan rings is 1. The van der Waals surface area contributed by atoms with E-state index in [0.29, 0.717) is 33.6 Å². The van der Waals surface area contributed by atoms with Gasteiger partial charge in [0.2, 0.25) is 0 Å². The van der Waals surface area contributed by atoms with Gasteiger partial charge in [0.25, 0.3) is 0 Å². The molecule has 2 aromatic carbocycles. The maximum absolute atomic E-state index is 11.9. The van der Waals surface area contributed by atoms with Crippen molar-refractivity contribution in [2.45, 2.75) is 0 Å². The normalized spacial score (nSPS) is 11.6. The number of H-pyrrole nitrogens is 1. The molecule has 0 amide bonds. The van der Waals surface area contributed by atoms with Gasteiger partial charge in [-0.05, 0) is 12.1 Å². The van der Waals surface area contributed by atoms with Gasteiger partial charge in [-0.15, -0.1) is 0 Å². The van der Waals surface area contributed by atoms with E-state index in [0.717, 1.165) is 22.6 Å². The molecule has 0 fully saturated rings. The van der Waals surface area contributed by atoms with E-state index in [1.165, 1.54) is 6.07 Å². The molecule has 0 spiro atoms. The molecule has 3 aromatic heterocycles. The number of phenols is 1. The van der Waals surface area contributed by atoms with Crippen LogP contribution in [0.15, 0.2) is 45.7 Å². The van der Waals surface area contributed by atoms with Crippen molar-refractivity contribution in [3.8, 4) is 28.4 Å². The number of hydrogen-bond donors (Lipinski definition) is 2. The third kappa shape index (κ3) is 2.39. The summed E-state index contributed by atoms with van der Waals surface area (Å²) in [4.78, 5) is 16.6. The lowest BCUT2D eigenvalue weighted by atomic mass is 10.0. The van der Waals surface area contributed by atoms with Gasteiger partial charge in [0, 0.05) is 48.0 Å². The van der Waals surface area contributed by atoms with E-state index in [4.69, 9.17) is 18.9 Å². The molecule has 29 heavy (non-hydrogen) atoms. The molecular weight excluding hydrogens is 374 g/mol. The predicted octanol–water partition coefficient (Wildman–Crippen LogP) is 3.55. The van der Waals surface area contributed by atoms with E-state index in [2.05, 4.69) is 5.10 Å². The Labute approximate surface area is 163 Å². The number of aryl methyl sites for hydroxylation is 1. The standard InChI is InChI=1S/C21H17N3O5/c1-24-21-13(9-22-24)17(12-5-4-11(27-2)8-15(12)28-3)20-19(23-21)18-14(26)6-10(25)7-16(18)29-20/h4-9,22,26H,1-3H3. The Morgan fingerprint density at radius 3 is 2.76 bits per heavy atom. The highest BCUT2D eigenvalue weighted by atomic mass is 16.5. The second-order valence-corrected chi connectivity index (χ2v) is 6.72. The largest absolute Gasteiger partial charge is 0.507 e. The number of fused-ring (bicyclic) bond motifs is 4. The van der Waals surface area contributed by atoms with Gasteiger partial charge in [0.05, 0.1) is 19.6 Å². The van der Waals surface area contributed by atoms with Gasteiger partial charge in [-0.3, -0.25) is 9.48 Å². The Kier molecular flexibility index (Phi) is 3.57. The number of pyridine rings is 1. The third-order valence-corrected chi connectivity index (χ3v) is 5.07. The number of phenolic OH excluding ortho intramolecular Hbond substituents is 1. The van der Waals surface area contributed by atoms with Gasteiger partial charge in [0.1, 0.15) is 28.3 Å². The Bertz CT molecular complexity index is 1480. The van der Waals surface area contributed by atoms with Crippen molar-refractivity contribution in [2.75, 3.05) is 14.2 Å². The summed E-state index contributed by atoms with van der Waals surface area (Å²) in [7, 11) is 5.01. The van der Waals surface area contributed by atoms with Crippen molar-refractivity contribution < 1.29 is 19.0 Å². The predicted molar refractivity (Wildman–Crippen MR) is 109 cm³/mol. The molecule has 146 valence electrons. The molecule has 0 radical (unpaired) electrons. The monoisotopic (exact) mass is 391 g/mol. The number of aromatic nitrogens is 3. The average molecular weight is 391 g/mol. The molecule has 5 rings (SSSR count). The fourth-order valence-electron chi connectivity index (χ4n) is 3.73. The first kappa shape index (κ1) is 17.2. The highest BCUT2D eigenvalue weighted by Crippen LogP contribution is 2.44. The van der Waals surface area contributed by atoms with Crippen molar-refractivity contribution >= 4 is 33.1 Å². The number of ether oxygens (including phenoxy) is 2. The molecule has 5 aromatic rings. The summed E-state index contributed by atoms with van der Waals surface area (Å²) in [5.74, 6) is 1.09. The first-order valence-corrected chi connectivity index (χ1v) is 8.87. The summed E-state index contributed by atoms with van der Waals surface area (Å²) in [6.07, 6.45) is 1.83. The molecule has 0 saturated heterocycles. The van der Waals surface area contributed by atoms with Crippen LogP contribution in [-0.4, -0.2) is 34.1 Å². The van der Waals surface area contributed by atoms with Crippen molar-refractivity contribution in [2.24, 2.45) is 7.05 Å². The summed E-state index contributed by atoms with van der Waals surface area (Å²) in [6.45, 7) is 0. The number of aromatic hydroxyl groups is 1. The van der Waals surface area contributed by atoms with Gasteiger partial charge in [-0.25, -0.2) is 4.98 Å². The number of nitrogens with one attached hydrogen (secondary N) is 1. The number of nitrogens with zero attached hydrogens (tertiary/aromatic N) is 2. The van der Waals surface area contributed by atoms with Crippen LogP contribution in [-0.2, 0) is 7.05 Å². The van der Waals surface area contributed by atoms with E-state index in [1.807, 2.05) is 25.4 Å². The fraction of sp³-hybridized carbons (Fsp3) is 0.143. The molecule has 0 aliphatic carbocycles. The minimum absolute atomic E-state index is 0.163. The smallest absolute Gasteiger partial charge is 0.186 e. The molecule has 3 heterocycles. The Morgan fingerprint density at radius 2 is 2.00 bits per heavy atom. The first-order chi connectivity index (χ1) is 14.0. The SMILES string of the molecule is COc1ccc(-c2c3c[nH]n(C)c3nc3c2oc2cc(=O)cc(O)c23)c(OC)c1. The highest BCUT2D eigenvalue weighted by molar-refractivity contribution is 6.16. The first-order valence-electron chi connectivity index (χ1n) is 8.87. The molecule has 0 unspecified atom stereocenters. The van der Waals surface area contributed by atoms with Crippen LogP contribution < -0.4 is 14.9 Å². The summed E-state index contributed by atoms with van der Waals surface area (Å²) < 4.78 is 18.7. The maximum Gasteiger partial charge on any atom is 0.186 e. The van der Waals surface area contributed by atoms with Crippen LogP contribution in [0.2, 0.25) is 0 Å². The van der Waals surface area contributed by atoms with Crippen LogP contribution in [0.25, 0.3) is 44.2 Å². The average Bonchev–Trinajstić information content (AvgIpc) is 3.26. The van der Waals surface area contributed by atoms with E-state index in [9.17, 15) is 9.90 Å². The van der Waals surface area contributed by atoms with Crippen LogP contribution in [0.5, 0.6) is 17.2 Å². The van der Waals surface area contributed by atoms with Crippen molar-refractivity contribution in [1.82, 2.24) is 14.8 Å². The lowest BCUT2D eigenvalue weighted by Gasteiger charge is -2.12. The van der Waals surface area contributed by atoms with Gasteiger partial charge in [0.15, 0.2) is 16.7 Å². The van der Waals surface area contributed by atoms with E-state index < -0.39 is 0 Å². The summed E-state index contributed by atoms with van der Waals surface area (Å²) in [5, 5.41) is 14.7. The van der Waals surface area contributed by atoms with Gasteiger partial charge >= 0.3 is 0 Å². The lowest BCUT2D eigenvalue weighted by molar-refractivity contribution is 0.395. The van der Waals surface area contributed by atoms with Crippen molar-refractivity contribution in [3.05, 3.63) is 46.8 Å². The zero-order valence-electron chi connectivity index (χ0n) is 15.9.